The van der Waals surface area contributed by atoms with Crippen LogP contribution >= 0.6 is 11.6 Å². The zero-order valence-corrected chi connectivity index (χ0v) is 20.0. The Morgan fingerprint density at radius 1 is 1.14 bits per heavy atom. The number of aromatic amines is 1. The summed E-state index contributed by atoms with van der Waals surface area (Å²) in [5.74, 6) is -1.01. The zero-order valence-electron chi connectivity index (χ0n) is 19.2. The second-order valence-electron chi connectivity index (χ2n) is 8.81. The van der Waals surface area contributed by atoms with Crippen molar-refractivity contribution in [2.75, 3.05) is 5.73 Å². The highest BCUT2D eigenvalue weighted by Crippen LogP contribution is 2.40. The summed E-state index contributed by atoms with van der Waals surface area (Å²) in [6.07, 6.45) is 4.92. The molecule has 0 fully saturated rings. The van der Waals surface area contributed by atoms with Crippen molar-refractivity contribution in [3.63, 3.8) is 0 Å². The van der Waals surface area contributed by atoms with Crippen LogP contribution in [0.25, 0.3) is 28.1 Å². The lowest BCUT2D eigenvalue weighted by Gasteiger charge is -2.16. The van der Waals surface area contributed by atoms with Gasteiger partial charge in [0.1, 0.15) is 12.2 Å². The Kier molecular flexibility index (Phi) is 5.33. The van der Waals surface area contributed by atoms with E-state index in [1.807, 2.05) is 6.92 Å². The van der Waals surface area contributed by atoms with Crippen molar-refractivity contribution >= 4 is 17.4 Å². The maximum atomic E-state index is 15.3. The van der Waals surface area contributed by atoms with Gasteiger partial charge >= 0.3 is 0 Å². The van der Waals surface area contributed by atoms with Gasteiger partial charge in [-0.2, -0.15) is 4.68 Å². The van der Waals surface area contributed by atoms with E-state index in [9.17, 15) is 9.18 Å². The lowest BCUT2D eigenvalue weighted by molar-refractivity contribution is 0.557. The molecule has 5 aromatic rings. The monoisotopic (exact) mass is 521 g/mol. The number of nitrogens with zero attached hydrogens (tertiary/aromatic N) is 7. The van der Waals surface area contributed by atoms with Gasteiger partial charge in [-0.1, -0.05) is 18.5 Å². The number of benzene rings is 1. The van der Waals surface area contributed by atoms with Gasteiger partial charge in [-0.15, -0.1) is 5.10 Å². The number of hydrogen-bond donors (Lipinski definition) is 2. The van der Waals surface area contributed by atoms with Crippen LogP contribution in [0, 0.1) is 11.6 Å². The van der Waals surface area contributed by atoms with E-state index < -0.39 is 17.7 Å². The van der Waals surface area contributed by atoms with E-state index in [4.69, 9.17) is 17.3 Å². The van der Waals surface area contributed by atoms with Crippen molar-refractivity contribution in [3.05, 3.63) is 87.6 Å². The highest BCUT2D eigenvalue weighted by molar-refractivity contribution is 6.31. The Morgan fingerprint density at radius 2 is 1.97 bits per heavy atom. The summed E-state index contributed by atoms with van der Waals surface area (Å²) in [5, 5.41) is 11.0. The summed E-state index contributed by atoms with van der Waals surface area (Å²) in [6.45, 7) is 1.98. The van der Waals surface area contributed by atoms with Crippen molar-refractivity contribution in [3.8, 4) is 28.1 Å². The number of H-pyrrole nitrogens is 1. The van der Waals surface area contributed by atoms with E-state index in [0.717, 1.165) is 0 Å². The first kappa shape index (κ1) is 23.0. The average Bonchev–Trinajstić information content (AvgIpc) is 3.63. The molecule has 2 atom stereocenters. The molecule has 1 aliphatic rings. The maximum Gasteiger partial charge on any atom is 0.252 e. The Hall–Kier alpha value is -4.45. The highest BCUT2D eigenvalue weighted by atomic mass is 35.5. The van der Waals surface area contributed by atoms with Crippen LogP contribution in [-0.4, -0.2) is 39.7 Å². The molecule has 37 heavy (non-hydrogen) atoms. The average molecular weight is 522 g/mol. The summed E-state index contributed by atoms with van der Waals surface area (Å²) in [7, 11) is 0. The van der Waals surface area contributed by atoms with Crippen molar-refractivity contribution in [2.24, 2.45) is 0 Å². The maximum absolute atomic E-state index is 15.3. The summed E-state index contributed by atoms with van der Waals surface area (Å²) in [5.41, 5.74) is 7.70. The van der Waals surface area contributed by atoms with E-state index in [-0.39, 0.29) is 27.9 Å². The van der Waals surface area contributed by atoms with Crippen LogP contribution < -0.4 is 11.3 Å². The molecule has 0 saturated carbocycles. The predicted molar refractivity (Wildman–Crippen MR) is 131 cm³/mol. The van der Waals surface area contributed by atoms with E-state index in [2.05, 4.69) is 30.5 Å². The summed E-state index contributed by atoms with van der Waals surface area (Å²) < 4.78 is 32.2. The van der Waals surface area contributed by atoms with Gasteiger partial charge < -0.3 is 15.3 Å². The number of imidazole rings is 1. The first-order valence-corrected chi connectivity index (χ1v) is 11.6. The fraction of sp³-hybridized carbons (Fsp3) is 0.167. The van der Waals surface area contributed by atoms with E-state index in [1.54, 1.807) is 22.9 Å². The molecule has 1 aromatic carbocycles. The van der Waals surface area contributed by atoms with Gasteiger partial charge in [0.05, 0.1) is 28.6 Å². The predicted octanol–water partition coefficient (Wildman–Crippen LogP) is 3.89. The molecule has 13 heteroatoms. The van der Waals surface area contributed by atoms with Gasteiger partial charge in [0, 0.05) is 29.1 Å². The van der Waals surface area contributed by atoms with Crippen LogP contribution in [0.4, 0.5) is 14.6 Å². The van der Waals surface area contributed by atoms with Crippen molar-refractivity contribution in [1.29, 1.82) is 0 Å². The van der Waals surface area contributed by atoms with Gasteiger partial charge in [-0.05, 0) is 52.6 Å². The molecule has 186 valence electrons. The van der Waals surface area contributed by atoms with Gasteiger partial charge in [-0.25, -0.2) is 18.7 Å². The number of hydrogen-bond acceptors (Lipinski definition) is 7. The van der Waals surface area contributed by atoms with Gasteiger partial charge in [0.15, 0.2) is 17.5 Å². The number of tetrazole rings is 1. The van der Waals surface area contributed by atoms with Crippen LogP contribution in [0.5, 0.6) is 0 Å². The van der Waals surface area contributed by atoms with Crippen molar-refractivity contribution in [1.82, 2.24) is 39.7 Å². The van der Waals surface area contributed by atoms with E-state index in [0.29, 0.717) is 40.4 Å². The molecule has 1 unspecified atom stereocenters. The molecule has 1 aliphatic heterocycles. The summed E-state index contributed by atoms with van der Waals surface area (Å²) >= 11 is 6.09. The minimum absolute atomic E-state index is 0.0411. The van der Waals surface area contributed by atoms with Crippen molar-refractivity contribution < 1.29 is 8.78 Å². The second kappa shape index (κ2) is 8.59. The molecule has 0 amide bonds. The third kappa shape index (κ3) is 3.76. The lowest BCUT2D eigenvalue weighted by Crippen LogP contribution is -2.24. The molecule has 3 N–H and O–H groups in total. The number of pyridine rings is 2. The Morgan fingerprint density at radius 3 is 2.73 bits per heavy atom. The van der Waals surface area contributed by atoms with Crippen LogP contribution in [0.3, 0.4) is 0 Å². The molecule has 0 aliphatic carbocycles. The third-order valence-corrected chi connectivity index (χ3v) is 6.83. The molecule has 0 bridgehead atoms. The minimum Gasteiger partial charge on any atom is -0.381 e. The first-order valence-electron chi connectivity index (χ1n) is 11.3. The Balaban J connectivity index is 1.44. The Labute approximate surface area is 212 Å². The fourth-order valence-corrected chi connectivity index (χ4v) is 4.94. The largest absolute Gasteiger partial charge is 0.381 e. The third-order valence-electron chi connectivity index (χ3n) is 6.54. The molecular weight excluding hydrogens is 504 g/mol. The standard InChI is InChI=1S/C24H18ClF2N9O/c1-11-4-19(24-30-9-16(32-24)13-5-15(26)23(28)29-8-13)36-18(11)6-12(7-20(36)37)21-17(35-10-31-33-34-35)3-2-14(25)22(21)27/h2-3,5-11,19H,4H2,1H3,(H2,28,29)(H,30,32)/t11-,19?/m1/s1. The highest BCUT2D eigenvalue weighted by Gasteiger charge is 2.33. The second-order valence-corrected chi connectivity index (χ2v) is 9.22. The number of nitrogens with two attached hydrogens (primary N) is 1. The van der Waals surface area contributed by atoms with E-state index in [1.165, 1.54) is 35.4 Å². The lowest BCUT2D eigenvalue weighted by atomic mass is 9.99. The number of fused-ring (bicyclic) bond motifs is 1. The molecular formula is C24H18ClF2N9O. The number of halogens is 3. The normalized spacial score (nSPS) is 16.8. The molecule has 4 aromatic heterocycles. The van der Waals surface area contributed by atoms with Crippen molar-refractivity contribution in [2.45, 2.75) is 25.3 Å². The molecule has 0 radical (unpaired) electrons. The Bertz CT molecular complexity index is 1710. The summed E-state index contributed by atoms with van der Waals surface area (Å²) in [6, 6.07) is 7.01. The molecule has 5 heterocycles. The molecule has 10 nitrogen and oxygen atoms in total. The molecule has 0 spiro atoms. The van der Waals surface area contributed by atoms with E-state index >= 15 is 4.39 Å². The topological polar surface area (TPSA) is 133 Å². The minimum atomic E-state index is -0.679. The van der Waals surface area contributed by atoms with Crippen LogP contribution in [0.2, 0.25) is 5.02 Å². The van der Waals surface area contributed by atoms with Gasteiger partial charge in [-0.3, -0.25) is 4.79 Å². The van der Waals surface area contributed by atoms with Crippen LogP contribution in [-0.2, 0) is 0 Å². The number of rotatable bonds is 4. The summed E-state index contributed by atoms with van der Waals surface area (Å²) in [4.78, 5) is 24.9. The number of aromatic nitrogens is 8. The quantitative estimate of drug-likeness (QED) is 0.366. The first-order chi connectivity index (χ1) is 17.8. The smallest absolute Gasteiger partial charge is 0.252 e. The number of nitrogen functional groups attached to an aromatic ring is 1. The number of anilines is 1. The van der Waals surface area contributed by atoms with Gasteiger partial charge in [0.25, 0.3) is 5.56 Å². The van der Waals surface area contributed by atoms with Crippen LogP contribution in [0.1, 0.15) is 36.8 Å². The SMILES string of the molecule is C[C@@H]1CC(c2ncc(-c3cnc(N)c(F)c3)[nH]2)n2c1cc(-c1c(-n3cnnn3)ccc(Cl)c1F)cc2=O. The van der Waals surface area contributed by atoms with Gasteiger partial charge in [0.2, 0.25) is 0 Å². The zero-order chi connectivity index (χ0) is 25.8. The molecule has 6 rings (SSSR count). The molecule has 0 saturated heterocycles. The fourth-order valence-electron chi connectivity index (χ4n) is 4.78. The number of nitrogens with one attached hydrogen (secondary N) is 1. The van der Waals surface area contributed by atoms with Crippen LogP contribution in [0.15, 0.2) is 53.8 Å².